The van der Waals surface area contributed by atoms with Gasteiger partial charge in [-0.1, -0.05) is 12.8 Å². The van der Waals surface area contributed by atoms with Crippen molar-refractivity contribution in [1.82, 2.24) is 4.90 Å². The molecule has 0 spiro atoms. The third-order valence-corrected chi connectivity index (χ3v) is 4.26. The fraction of sp³-hybridized carbons (Fsp3) is 0.625. The number of nitrogens with zero attached hydrogens (tertiary/aromatic N) is 1. The Morgan fingerprint density at radius 1 is 1.40 bits per heavy atom. The van der Waals surface area contributed by atoms with Crippen LogP contribution in [0, 0.1) is 11.7 Å². The smallest absolute Gasteiger partial charge is 0.129 e. The summed E-state index contributed by atoms with van der Waals surface area (Å²) in [5.74, 6) is 0.288. The van der Waals surface area contributed by atoms with E-state index >= 15 is 0 Å². The molecule has 2 unspecified atom stereocenters. The molecular weight excluding hydrogens is 257 g/mol. The highest BCUT2D eigenvalue weighted by Crippen LogP contribution is 2.43. The normalized spacial score (nSPS) is 26.8. The monoisotopic (exact) mass is 281 g/mol. The van der Waals surface area contributed by atoms with Crippen LogP contribution in [0.25, 0.3) is 0 Å². The Labute approximate surface area is 120 Å². The Hall–Kier alpha value is -1.13. The summed E-state index contributed by atoms with van der Waals surface area (Å²) in [4.78, 5) is 2.05. The minimum absolute atomic E-state index is 0.0489. The number of ether oxygens (including phenoxy) is 1. The van der Waals surface area contributed by atoms with E-state index in [1.807, 2.05) is 14.1 Å². The van der Waals surface area contributed by atoms with E-state index in [0.717, 1.165) is 25.8 Å². The van der Waals surface area contributed by atoms with Crippen molar-refractivity contribution in [2.24, 2.45) is 5.92 Å². The molecule has 0 bridgehead atoms. The summed E-state index contributed by atoms with van der Waals surface area (Å²) in [6, 6.07) is 4.61. The molecule has 2 atom stereocenters. The number of rotatable bonds is 4. The van der Waals surface area contributed by atoms with Gasteiger partial charge in [-0.25, -0.2) is 4.39 Å². The highest BCUT2D eigenvalue weighted by molar-refractivity contribution is 5.34. The molecule has 20 heavy (non-hydrogen) atoms. The topological polar surface area (TPSA) is 32.7 Å². The van der Waals surface area contributed by atoms with Crippen LogP contribution in [0.1, 0.15) is 31.2 Å². The second-order valence-electron chi connectivity index (χ2n) is 5.97. The summed E-state index contributed by atoms with van der Waals surface area (Å²) in [6.07, 6.45) is 3.55. The molecule has 0 aromatic heterocycles. The van der Waals surface area contributed by atoms with Gasteiger partial charge in [-0.15, -0.1) is 0 Å². The Morgan fingerprint density at radius 3 is 2.80 bits per heavy atom. The lowest BCUT2D eigenvalue weighted by Crippen LogP contribution is -2.43. The van der Waals surface area contributed by atoms with Gasteiger partial charge in [0.1, 0.15) is 11.6 Å². The fourth-order valence-corrected chi connectivity index (χ4v) is 3.23. The SMILES string of the molecule is COc1ccc(F)c(C2(O)CCCCC2CN(C)C)c1. The molecule has 0 aliphatic heterocycles. The second kappa shape index (κ2) is 6.10. The van der Waals surface area contributed by atoms with Gasteiger partial charge in [-0.3, -0.25) is 0 Å². The van der Waals surface area contributed by atoms with Crippen molar-refractivity contribution in [3.05, 3.63) is 29.6 Å². The van der Waals surface area contributed by atoms with E-state index in [1.165, 1.54) is 6.07 Å². The first-order valence-electron chi connectivity index (χ1n) is 7.18. The molecule has 112 valence electrons. The van der Waals surface area contributed by atoms with Crippen molar-refractivity contribution in [2.45, 2.75) is 31.3 Å². The molecule has 0 amide bonds. The molecule has 1 aromatic carbocycles. The zero-order chi connectivity index (χ0) is 14.8. The molecule has 1 aliphatic rings. The standard InChI is InChI=1S/C16H24FNO2/c1-18(2)11-12-6-4-5-9-16(12,19)14-10-13(20-3)7-8-15(14)17/h7-8,10,12,19H,4-6,9,11H2,1-3H3. The Bertz CT molecular complexity index is 464. The number of aliphatic hydroxyl groups is 1. The summed E-state index contributed by atoms with van der Waals surface area (Å²) >= 11 is 0. The average Bonchev–Trinajstić information content (AvgIpc) is 2.41. The van der Waals surface area contributed by atoms with Gasteiger partial charge in [0.05, 0.1) is 12.7 Å². The predicted molar refractivity (Wildman–Crippen MR) is 77.4 cm³/mol. The molecule has 3 nitrogen and oxygen atoms in total. The van der Waals surface area contributed by atoms with Crippen LogP contribution in [0.15, 0.2) is 18.2 Å². The van der Waals surface area contributed by atoms with Crippen LogP contribution in [0.5, 0.6) is 5.75 Å². The van der Waals surface area contributed by atoms with Crippen LogP contribution >= 0.6 is 0 Å². The molecule has 0 radical (unpaired) electrons. The Balaban J connectivity index is 2.39. The van der Waals surface area contributed by atoms with Gasteiger partial charge in [0, 0.05) is 18.0 Å². The molecule has 1 N–H and O–H groups in total. The molecule has 1 aromatic rings. The van der Waals surface area contributed by atoms with E-state index in [0.29, 0.717) is 17.7 Å². The molecule has 1 fully saturated rings. The Kier molecular flexibility index (Phi) is 4.66. The van der Waals surface area contributed by atoms with Crippen LogP contribution in [-0.2, 0) is 5.60 Å². The van der Waals surface area contributed by atoms with Crippen molar-refractivity contribution >= 4 is 0 Å². The van der Waals surface area contributed by atoms with Gasteiger partial charge in [0.15, 0.2) is 0 Å². The van der Waals surface area contributed by atoms with Gasteiger partial charge in [-0.05, 0) is 45.1 Å². The maximum atomic E-state index is 14.2. The first-order valence-corrected chi connectivity index (χ1v) is 7.18. The van der Waals surface area contributed by atoms with E-state index in [2.05, 4.69) is 4.90 Å². The van der Waals surface area contributed by atoms with Crippen molar-refractivity contribution in [3.63, 3.8) is 0 Å². The van der Waals surface area contributed by atoms with Gasteiger partial charge in [-0.2, -0.15) is 0 Å². The number of benzene rings is 1. The molecule has 4 heteroatoms. The van der Waals surface area contributed by atoms with E-state index in [9.17, 15) is 9.50 Å². The minimum atomic E-state index is -1.10. The van der Waals surface area contributed by atoms with Gasteiger partial charge < -0.3 is 14.7 Å². The highest BCUT2D eigenvalue weighted by Gasteiger charge is 2.42. The maximum Gasteiger partial charge on any atom is 0.129 e. The van der Waals surface area contributed by atoms with Crippen LogP contribution in [-0.4, -0.2) is 37.8 Å². The first kappa shape index (κ1) is 15.3. The number of methoxy groups -OCH3 is 1. The van der Waals surface area contributed by atoms with Gasteiger partial charge in [0.2, 0.25) is 0 Å². The van der Waals surface area contributed by atoms with E-state index < -0.39 is 5.60 Å². The van der Waals surface area contributed by atoms with Crippen LogP contribution < -0.4 is 4.74 Å². The van der Waals surface area contributed by atoms with Gasteiger partial charge in [0.25, 0.3) is 0 Å². The molecule has 1 aliphatic carbocycles. The predicted octanol–water partition coefficient (Wildman–Crippen LogP) is 2.77. The largest absolute Gasteiger partial charge is 0.497 e. The average molecular weight is 281 g/mol. The Morgan fingerprint density at radius 2 is 2.15 bits per heavy atom. The first-order chi connectivity index (χ1) is 9.47. The van der Waals surface area contributed by atoms with Crippen LogP contribution in [0.4, 0.5) is 4.39 Å². The van der Waals surface area contributed by atoms with Crippen molar-refractivity contribution < 1.29 is 14.2 Å². The summed E-state index contributed by atoms with van der Waals surface area (Å²) in [5, 5.41) is 11.1. The number of hydrogen-bond acceptors (Lipinski definition) is 3. The molecule has 2 rings (SSSR count). The van der Waals surface area contributed by atoms with Gasteiger partial charge >= 0.3 is 0 Å². The molecule has 0 saturated heterocycles. The zero-order valence-electron chi connectivity index (χ0n) is 12.5. The fourth-order valence-electron chi connectivity index (χ4n) is 3.23. The number of halogens is 1. The lowest BCUT2D eigenvalue weighted by atomic mass is 9.71. The number of hydrogen-bond donors (Lipinski definition) is 1. The van der Waals surface area contributed by atoms with E-state index in [4.69, 9.17) is 4.74 Å². The summed E-state index contributed by atoms with van der Waals surface area (Å²) < 4.78 is 19.4. The molecular formula is C16H24FNO2. The molecule has 1 saturated carbocycles. The summed E-state index contributed by atoms with van der Waals surface area (Å²) in [5.41, 5.74) is -0.718. The van der Waals surface area contributed by atoms with E-state index in [1.54, 1.807) is 19.2 Å². The van der Waals surface area contributed by atoms with Crippen molar-refractivity contribution in [2.75, 3.05) is 27.7 Å². The zero-order valence-corrected chi connectivity index (χ0v) is 12.5. The van der Waals surface area contributed by atoms with E-state index in [-0.39, 0.29) is 11.7 Å². The quantitative estimate of drug-likeness (QED) is 0.921. The van der Waals surface area contributed by atoms with Crippen LogP contribution in [0.3, 0.4) is 0 Å². The summed E-state index contributed by atoms with van der Waals surface area (Å²) in [7, 11) is 5.52. The summed E-state index contributed by atoms with van der Waals surface area (Å²) in [6.45, 7) is 0.757. The molecule has 0 heterocycles. The third-order valence-electron chi connectivity index (χ3n) is 4.26. The second-order valence-corrected chi connectivity index (χ2v) is 5.97. The lowest BCUT2D eigenvalue weighted by molar-refractivity contribution is -0.0644. The lowest BCUT2D eigenvalue weighted by Gasteiger charge is -2.41. The maximum absolute atomic E-state index is 14.2. The van der Waals surface area contributed by atoms with Crippen molar-refractivity contribution in [1.29, 1.82) is 0 Å². The minimum Gasteiger partial charge on any atom is -0.497 e. The van der Waals surface area contributed by atoms with Crippen LogP contribution in [0.2, 0.25) is 0 Å². The third kappa shape index (κ3) is 2.96. The van der Waals surface area contributed by atoms with Crippen molar-refractivity contribution in [3.8, 4) is 5.75 Å². The highest BCUT2D eigenvalue weighted by atomic mass is 19.1.